The second kappa shape index (κ2) is 4.79. The van der Waals surface area contributed by atoms with Crippen molar-refractivity contribution in [1.82, 2.24) is 0 Å². The summed E-state index contributed by atoms with van der Waals surface area (Å²) in [5, 5.41) is 0.505. The number of rotatable bonds is 2. The monoisotopic (exact) mass is 282 g/mol. The summed E-state index contributed by atoms with van der Waals surface area (Å²) in [6.07, 6.45) is -1.50. The minimum absolute atomic E-state index is 0.196. The Morgan fingerprint density at radius 3 is 2.40 bits per heavy atom. The van der Waals surface area contributed by atoms with E-state index in [-0.39, 0.29) is 5.56 Å². The molecule has 0 fully saturated rings. The minimum Gasteiger partial charge on any atom is -0.207 e. The lowest BCUT2D eigenvalue weighted by molar-refractivity contribution is -0.137. The highest BCUT2D eigenvalue weighted by molar-refractivity contribution is 9.09. The lowest BCUT2D eigenvalue weighted by atomic mass is 10.1. The van der Waals surface area contributed by atoms with Gasteiger partial charge in [-0.3, -0.25) is 0 Å². The summed E-state index contributed by atoms with van der Waals surface area (Å²) in [6.45, 7) is 0. The van der Waals surface area contributed by atoms with Gasteiger partial charge in [-0.25, -0.2) is 4.39 Å². The third-order valence-electron chi connectivity index (χ3n) is 1.65. The van der Waals surface area contributed by atoms with Crippen LogP contribution in [0.2, 0.25) is 0 Å². The molecule has 0 amide bonds. The maximum atomic E-state index is 12.8. The van der Waals surface area contributed by atoms with Gasteiger partial charge in [0.1, 0.15) is 5.82 Å². The van der Waals surface area contributed by atoms with E-state index < -0.39 is 17.6 Å². The van der Waals surface area contributed by atoms with E-state index in [2.05, 4.69) is 15.9 Å². The molecule has 0 unspecified atom stereocenters. The standard InChI is InChI=1S/C10H7BrF4/c11-3-1-2-7-4-8(10(13,14)15)6-9(12)5-7/h1-2,4-6H,3H2. The molecule has 82 valence electrons. The second-order valence-corrected chi connectivity index (χ2v) is 3.48. The Morgan fingerprint density at radius 1 is 1.20 bits per heavy atom. The van der Waals surface area contributed by atoms with Gasteiger partial charge in [0, 0.05) is 5.33 Å². The summed E-state index contributed by atoms with van der Waals surface area (Å²) in [4.78, 5) is 0. The molecule has 0 nitrogen and oxygen atoms in total. The maximum absolute atomic E-state index is 12.8. The number of alkyl halides is 4. The van der Waals surface area contributed by atoms with Crippen molar-refractivity contribution in [2.24, 2.45) is 0 Å². The van der Waals surface area contributed by atoms with Crippen LogP contribution in [0.3, 0.4) is 0 Å². The molecule has 1 aromatic rings. The molecule has 0 aliphatic carbocycles. The normalized spacial score (nSPS) is 12.3. The highest BCUT2D eigenvalue weighted by Gasteiger charge is 2.31. The van der Waals surface area contributed by atoms with E-state index in [0.29, 0.717) is 11.4 Å². The van der Waals surface area contributed by atoms with Crippen molar-refractivity contribution >= 4 is 22.0 Å². The molecule has 0 aliphatic heterocycles. The van der Waals surface area contributed by atoms with E-state index in [0.717, 1.165) is 12.1 Å². The zero-order valence-electron chi connectivity index (χ0n) is 7.48. The molecule has 15 heavy (non-hydrogen) atoms. The van der Waals surface area contributed by atoms with Gasteiger partial charge in [-0.1, -0.05) is 28.1 Å². The predicted octanol–water partition coefficient (Wildman–Crippen LogP) is 4.25. The quantitative estimate of drug-likeness (QED) is 0.562. The molecular weight excluding hydrogens is 276 g/mol. The van der Waals surface area contributed by atoms with E-state index in [9.17, 15) is 17.6 Å². The topological polar surface area (TPSA) is 0 Å². The number of halogens is 5. The third kappa shape index (κ3) is 3.66. The number of benzene rings is 1. The van der Waals surface area contributed by atoms with Crippen LogP contribution >= 0.6 is 15.9 Å². The van der Waals surface area contributed by atoms with Crippen LogP contribution in [-0.4, -0.2) is 5.33 Å². The highest BCUT2D eigenvalue weighted by atomic mass is 79.9. The van der Waals surface area contributed by atoms with Gasteiger partial charge in [-0.05, 0) is 23.8 Å². The van der Waals surface area contributed by atoms with Gasteiger partial charge in [0.2, 0.25) is 0 Å². The zero-order chi connectivity index (χ0) is 11.5. The van der Waals surface area contributed by atoms with Crippen LogP contribution < -0.4 is 0 Å². The summed E-state index contributed by atoms with van der Waals surface area (Å²) >= 11 is 3.08. The molecular formula is C10H7BrF4. The lowest BCUT2D eigenvalue weighted by Crippen LogP contribution is -2.05. The predicted molar refractivity (Wildman–Crippen MR) is 54.2 cm³/mol. The van der Waals surface area contributed by atoms with Gasteiger partial charge in [-0.2, -0.15) is 13.2 Å². The van der Waals surface area contributed by atoms with Gasteiger partial charge >= 0.3 is 6.18 Å². The molecule has 0 saturated carbocycles. The van der Waals surface area contributed by atoms with Crippen molar-refractivity contribution < 1.29 is 17.6 Å². The number of hydrogen-bond donors (Lipinski definition) is 0. The van der Waals surface area contributed by atoms with E-state index >= 15 is 0 Å². The maximum Gasteiger partial charge on any atom is 0.416 e. The van der Waals surface area contributed by atoms with Gasteiger partial charge in [-0.15, -0.1) is 0 Å². The van der Waals surface area contributed by atoms with Crippen LogP contribution in [-0.2, 0) is 6.18 Å². The second-order valence-electron chi connectivity index (χ2n) is 2.83. The van der Waals surface area contributed by atoms with Crippen LogP contribution in [0.15, 0.2) is 24.3 Å². The van der Waals surface area contributed by atoms with Crippen LogP contribution in [0.4, 0.5) is 17.6 Å². The molecule has 5 heteroatoms. The molecule has 1 aromatic carbocycles. The summed E-state index contributed by atoms with van der Waals surface area (Å²) in [5.41, 5.74) is -0.779. The first-order valence-electron chi connectivity index (χ1n) is 4.04. The van der Waals surface area contributed by atoms with Crippen molar-refractivity contribution in [3.05, 3.63) is 41.2 Å². The average molecular weight is 283 g/mol. The third-order valence-corrected chi connectivity index (χ3v) is 2.02. The van der Waals surface area contributed by atoms with Gasteiger partial charge in [0.15, 0.2) is 0 Å². The Morgan fingerprint density at radius 2 is 1.87 bits per heavy atom. The zero-order valence-corrected chi connectivity index (χ0v) is 9.07. The van der Waals surface area contributed by atoms with Crippen molar-refractivity contribution in [1.29, 1.82) is 0 Å². The molecule has 0 aromatic heterocycles. The molecule has 0 spiro atoms. The van der Waals surface area contributed by atoms with E-state index in [1.807, 2.05) is 0 Å². The molecule has 0 radical (unpaired) electrons. The summed E-state index contributed by atoms with van der Waals surface area (Å²) in [5.74, 6) is -0.890. The first-order chi connectivity index (χ1) is 6.93. The Bertz CT molecular complexity index is 368. The molecule has 0 N–H and O–H groups in total. The molecule has 0 heterocycles. The average Bonchev–Trinajstić information content (AvgIpc) is 2.12. The summed E-state index contributed by atoms with van der Waals surface area (Å²) < 4.78 is 49.6. The molecule has 1 rings (SSSR count). The minimum atomic E-state index is -4.51. The van der Waals surface area contributed by atoms with Crippen molar-refractivity contribution in [2.75, 3.05) is 5.33 Å². The van der Waals surface area contributed by atoms with Gasteiger partial charge in [0.05, 0.1) is 5.56 Å². The largest absolute Gasteiger partial charge is 0.416 e. The Balaban J connectivity index is 3.11. The van der Waals surface area contributed by atoms with Crippen LogP contribution in [0.25, 0.3) is 6.08 Å². The van der Waals surface area contributed by atoms with Crippen molar-refractivity contribution in [3.63, 3.8) is 0 Å². The molecule has 0 saturated heterocycles. The molecule has 0 aliphatic rings. The van der Waals surface area contributed by atoms with E-state index in [1.54, 1.807) is 6.08 Å². The summed E-state index contributed by atoms with van der Waals surface area (Å²) in [7, 11) is 0. The lowest BCUT2D eigenvalue weighted by Gasteiger charge is -2.07. The van der Waals surface area contributed by atoms with E-state index in [4.69, 9.17) is 0 Å². The number of allylic oxidation sites excluding steroid dienone is 1. The van der Waals surface area contributed by atoms with Gasteiger partial charge in [0.25, 0.3) is 0 Å². The summed E-state index contributed by atoms with van der Waals surface area (Å²) in [6, 6.07) is 2.43. The fourth-order valence-corrected chi connectivity index (χ4v) is 1.24. The Labute approximate surface area is 92.7 Å². The number of hydrogen-bond acceptors (Lipinski definition) is 0. The van der Waals surface area contributed by atoms with E-state index in [1.165, 1.54) is 6.08 Å². The molecule has 0 bridgehead atoms. The molecule has 0 atom stereocenters. The van der Waals surface area contributed by atoms with Crippen LogP contribution in [0.1, 0.15) is 11.1 Å². The highest BCUT2D eigenvalue weighted by Crippen LogP contribution is 2.30. The van der Waals surface area contributed by atoms with Crippen LogP contribution in [0, 0.1) is 5.82 Å². The van der Waals surface area contributed by atoms with Crippen LogP contribution in [0.5, 0.6) is 0 Å². The Hall–Kier alpha value is -0.840. The Kier molecular flexibility index (Phi) is 3.90. The van der Waals surface area contributed by atoms with Crippen molar-refractivity contribution in [3.8, 4) is 0 Å². The first kappa shape index (κ1) is 12.2. The van der Waals surface area contributed by atoms with Crippen molar-refractivity contribution in [2.45, 2.75) is 6.18 Å². The SMILES string of the molecule is Fc1cc(C=CCBr)cc(C(F)(F)F)c1. The fraction of sp³-hybridized carbons (Fsp3) is 0.200. The fourth-order valence-electron chi connectivity index (χ4n) is 1.05. The van der Waals surface area contributed by atoms with Gasteiger partial charge < -0.3 is 0 Å². The first-order valence-corrected chi connectivity index (χ1v) is 5.16. The smallest absolute Gasteiger partial charge is 0.207 e.